The maximum Gasteiger partial charge on any atom is 0.194 e. The molecule has 2 N–H and O–H groups in total. The predicted molar refractivity (Wildman–Crippen MR) is 91.0 cm³/mol. The van der Waals surface area contributed by atoms with Gasteiger partial charge in [0, 0.05) is 32.5 Å². The largest absolute Gasteiger partial charge is 0.386 e. The van der Waals surface area contributed by atoms with Crippen molar-refractivity contribution >= 4 is 17.3 Å². The minimum atomic E-state index is -0.619. The molecule has 0 spiro atoms. The summed E-state index contributed by atoms with van der Waals surface area (Å²) in [5.74, 6) is 0.793. The SMILES string of the molecule is CCNC(=NCC(O)c1ccncc1)N(C)Cc1ccsc1. The van der Waals surface area contributed by atoms with Crippen molar-refractivity contribution in [3.63, 3.8) is 0 Å². The van der Waals surface area contributed by atoms with Crippen molar-refractivity contribution in [1.29, 1.82) is 0 Å². The molecule has 6 heteroatoms. The lowest BCUT2D eigenvalue weighted by Crippen LogP contribution is -2.38. The van der Waals surface area contributed by atoms with Crippen LogP contribution in [0.4, 0.5) is 0 Å². The highest BCUT2D eigenvalue weighted by Gasteiger charge is 2.10. The van der Waals surface area contributed by atoms with Gasteiger partial charge in [-0.2, -0.15) is 11.3 Å². The molecular formula is C16H22N4OS. The van der Waals surface area contributed by atoms with Crippen LogP contribution in [-0.4, -0.2) is 41.1 Å². The molecule has 0 aromatic carbocycles. The number of hydrogen-bond donors (Lipinski definition) is 2. The average Bonchev–Trinajstić information content (AvgIpc) is 3.04. The molecular weight excluding hydrogens is 296 g/mol. The number of pyridine rings is 1. The van der Waals surface area contributed by atoms with Crippen LogP contribution in [-0.2, 0) is 6.54 Å². The van der Waals surface area contributed by atoms with Crippen LogP contribution in [0.5, 0.6) is 0 Å². The number of aromatic nitrogens is 1. The van der Waals surface area contributed by atoms with E-state index in [0.29, 0.717) is 6.54 Å². The Kier molecular flexibility index (Phi) is 6.36. The second-order valence-electron chi connectivity index (χ2n) is 4.98. The molecule has 5 nitrogen and oxygen atoms in total. The second-order valence-corrected chi connectivity index (χ2v) is 5.76. The number of guanidine groups is 1. The van der Waals surface area contributed by atoms with Gasteiger partial charge >= 0.3 is 0 Å². The zero-order chi connectivity index (χ0) is 15.8. The molecule has 0 aliphatic heterocycles. The van der Waals surface area contributed by atoms with Gasteiger partial charge in [-0.3, -0.25) is 9.98 Å². The maximum atomic E-state index is 10.2. The molecule has 2 rings (SSSR count). The molecule has 1 atom stereocenters. The van der Waals surface area contributed by atoms with E-state index in [9.17, 15) is 5.11 Å². The zero-order valence-electron chi connectivity index (χ0n) is 12.9. The maximum absolute atomic E-state index is 10.2. The Balaban J connectivity index is 2.00. The highest BCUT2D eigenvalue weighted by molar-refractivity contribution is 7.07. The smallest absolute Gasteiger partial charge is 0.194 e. The number of thiophene rings is 1. The first-order valence-electron chi connectivity index (χ1n) is 7.29. The second kappa shape index (κ2) is 8.51. The topological polar surface area (TPSA) is 60.8 Å². The van der Waals surface area contributed by atoms with Crippen LogP contribution >= 0.6 is 11.3 Å². The van der Waals surface area contributed by atoms with E-state index in [1.165, 1.54) is 5.56 Å². The van der Waals surface area contributed by atoms with Crippen molar-refractivity contribution in [2.45, 2.75) is 19.6 Å². The minimum absolute atomic E-state index is 0.320. The van der Waals surface area contributed by atoms with Crippen LogP contribution in [0.15, 0.2) is 46.3 Å². The van der Waals surface area contributed by atoms with Gasteiger partial charge in [-0.05, 0) is 47.0 Å². The van der Waals surface area contributed by atoms with Crippen molar-refractivity contribution in [3.8, 4) is 0 Å². The number of nitrogens with one attached hydrogen (secondary N) is 1. The predicted octanol–water partition coefficient (Wildman–Crippen LogP) is 2.27. The standard InChI is InChI=1S/C16H22N4OS/c1-3-18-16(20(2)11-13-6-9-22-12-13)19-10-15(21)14-4-7-17-8-5-14/h4-9,12,15,21H,3,10-11H2,1-2H3,(H,18,19). The monoisotopic (exact) mass is 318 g/mol. The van der Waals surface area contributed by atoms with Crippen molar-refractivity contribution in [2.24, 2.45) is 4.99 Å². The van der Waals surface area contributed by atoms with Crippen LogP contribution in [0.2, 0.25) is 0 Å². The number of hydrogen-bond acceptors (Lipinski definition) is 4. The average molecular weight is 318 g/mol. The minimum Gasteiger partial charge on any atom is -0.386 e. The van der Waals surface area contributed by atoms with Crippen LogP contribution in [0.3, 0.4) is 0 Å². The molecule has 0 aliphatic rings. The third kappa shape index (κ3) is 4.82. The Bertz CT molecular complexity index is 571. The van der Waals surface area contributed by atoms with Gasteiger partial charge < -0.3 is 15.3 Å². The molecule has 2 aromatic heterocycles. The lowest BCUT2D eigenvalue weighted by Gasteiger charge is -2.22. The van der Waals surface area contributed by atoms with E-state index in [1.54, 1.807) is 23.7 Å². The fourth-order valence-electron chi connectivity index (χ4n) is 2.06. The molecule has 2 heterocycles. The van der Waals surface area contributed by atoms with Gasteiger partial charge in [-0.25, -0.2) is 0 Å². The first-order valence-corrected chi connectivity index (χ1v) is 8.23. The molecule has 0 bridgehead atoms. The van der Waals surface area contributed by atoms with Gasteiger partial charge in [0.2, 0.25) is 0 Å². The van der Waals surface area contributed by atoms with Crippen molar-refractivity contribution < 1.29 is 5.11 Å². The fourth-order valence-corrected chi connectivity index (χ4v) is 2.72. The Hall–Kier alpha value is -1.92. The first kappa shape index (κ1) is 16.5. The zero-order valence-corrected chi connectivity index (χ0v) is 13.8. The fraction of sp³-hybridized carbons (Fsp3) is 0.375. The van der Waals surface area contributed by atoms with Crippen molar-refractivity contribution in [1.82, 2.24) is 15.2 Å². The molecule has 0 radical (unpaired) electrons. The summed E-state index contributed by atoms with van der Waals surface area (Å²) >= 11 is 1.69. The lowest BCUT2D eigenvalue weighted by molar-refractivity contribution is 0.186. The Morgan fingerprint density at radius 3 is 2.82 bits per heavy atom. The van der Waals surface area contributed by atoms with Gasteiger partial charge in [-0.1, -0.05) is 0 Å². The number of rotatable bonds is 6. The summed E-state index contributed by atoms with van der Waals surface area (Å²) in [6.07, 6.45) is 2.73. The number of aliphatic hydroxyl groups excluding tert-OH is 1. The van der Waals surface area contributed by atoms with E-state index in [0.717, 1.165) is 24.6 Å². The van der Waals surface area contributed by atoms with Crippen LogP contribution < -0.4 is 5.32 Å². The molecule has 0 fully saturated rings. The Morgan fingerprint density at radius 1 is 1.41 bits per heavy atom. The molecule has 0 saturated heterocycles. The van der Waals surface area contributed by atoms with E-state index in [1.807, 2.05) is 26.1 Å². The Morgan fingerprint density at radius 2 is 2.18 bits per heavy atom. The summed E-state index contributed by atoms with van der Waals surface area (Å²) in [6, 6.07) is 5.72. The van der Waals surface area contributed by atoms with Crippen LogP contribution in [0.1, 0.15) is 24.2 Å². The molecule has 2 aromatic rings. The summed E-state index contributed by atoms with van der Waals surface area (Å²) in [4.78, 5) is 10.6. The summed E-state index contributed by atoms with van der Waals surface area (Å²) in [5.41, 5.74) is 2.09. The van der Waals surface area contributed by atoms with Crippen LogP contribution in [0, 0.1) is 0 Å². The summed E-state index contributed by atoms with van der Waals surface area (Å²) in [6.45, 7) is 3.94. The highest BCUT2D eigenvalue weighted by Crippen LogP contribution is 2.12. The van der Waals surface area contributed by atoms with E-state index in [4.69, 9.17) is 0 Å². The summed E-state index contributed by atoms with van der Waals surface area (Å²) in [5, 5.41) is 17.7. The van der Waals surface area contributed by atoms with Gasteiger partial charge in [0.05, 0.1) is 12.6 Å². The van der Waals surface area contributed by atoms with Gasteiger partial charge in [0.25, 0.3) is 0 Å². The molecule has 22 heavy (non-hydrogen) atoms. The third-order valence-electron chi connectivity index (χ3n) is 3.20. The highest BCUT2D eigenvalue weighted by atomic mass is 32.1. The first-order chi connectivity index (χ1) is 10.7. The summed E-state index contributed by atoms with van der Waals surface area (Å²) < 4.78 is 0. The quantitative estimate of drug-likeness (QED) is 0.634. The van der Waals surface area contributed by atoms with Crippen molar-refractivity contribution in [3.05, 3.63) is 52.5 Å². The van der Waals surface area contributed by atoms with Gasteiger partial charge in [0.15, 0.2) is 5.96 Å². The molecule has 0 saturated carbocycles. The third-order valence-corrected chi connectivity index (χ3v) is 3.93. The van der Waals surface area contributed by atoms with E-state index >= 15 is 0 Å². The molecule has 1 unspecified atom stereocenters. The summed E-state index contributed by atoms with van der Waals surface area (Å²) in [7, 11) is 2.00. The number of aliphatic imine (C=N–C) groups is 1. The Labute approximate surface area is 135 Å². The van der Waals surface area contributed by atoms with Gasteiger partial charge in [-0.15, -0.1) is 0 Å². The van der Waals surface area contributed by atoms with Gasteiger partial charge in [0.1, 0.15) is 0 Å². The van der Waals surface area contributed by atoms with E-state index in [-0.39, 0.29) is 0 Å². The molecule has 118 valence electrons. The van der Waals surface area contributed by atoms with E-state index in [2.05, 4.69) is 37.0 Å². The van der Waals surface area contributed by atoms with Crippen molar-refractivity contribution in [2.75, 3.05) is 20.1 Å². The number of nitrogens with zero attached hydrogens (tertiary/aromatic N) is 3. The van der Waals surface area contributed by atoms with Crippen LogP contribution in [0.25, 0.3) is 0 Å². The number of aliphatic hydroxyl groups is 1. The van der Waals surface area contributed by atoms with E-state index < -0.39 is 6.10 Å². The molecule has 0 amide bonds. The normalized spacial score (nSPS) is 13.0. The lowest BCUT2D eigenvalue weighted by atomic mass is 10.1. The molecule has 0 aliphatic carbocycles.